The van der Waals surface area contributed by atoms with E-state index in [0.29, 0.717) is 118 Å². The summed E-state index contributed by atoms with van der Waals surface area (Å²) in [5.74, 6) is 0.639. The Morgan fingerprint density at radius 2 is 0.688 bits per heavy atom. The second-order valence-electron chi connectivity index (χ2n) is 23.9. The van der Waals surface area contributed by atoms with Gasteiger partial charge in [0.2, 0.25) is 11.6 Å². The first kappa shape index (κ1) is 67.7. The predicted octanol–water partition coefficient (Wildman–Crippen LogP) is 17.6. The zero-order chi connectivity index (χ0) is 68.2. The third-order valence-electron chi connectivity index (χ3n) is 17.7. The van der Waals surface area contributed by atoms with Crippen molar-refractivity contribution in [3.05, 3.63) is 323 Å². The van der Waals surface area contributed by atoms with Crippen molar-refractivity contribution in [2.45, 2.75) is 79.1 Å². The summed E-state index contributed by atoms with van der Waals surface area (Å²) in [7, 11) is 1.59. The van der Waals surface area contributed by atoms with Gasteiger partial charge < -0.3 is 15.4 Å². The molecule has 0 amide bonds. The number of ketones is 10. The molecule has 2 N–H and O–H groups in total. The molecule has 8 aromatic carbocycles. The molecule has 6 aliphatic carbocycles. The molecule has 1 saturated carbocycles. The summed E-state index contributed by atoms with van der Waals surface area (Å²) in [6, 6.07) is 59.0. The van der Waals surface area contributed by atoms with Gasteiger partial charge in [-0.2, -0.15) is 0 Å². The Balaban J connectivity index is 0.000000131. The number of methoxy groups -OCH3 is 1. The van der Waals surface area contributed by atoms with Gasteiger partial charge in [-0.1, -0.05) is 195 Å². The largest absolute Gasteiger partial charge is 0.497 e. The molecule has 480 valence electrons. The van der Waals surface area contributed by atoms with Crippen LogP contribution in [0.4, 0.5) is 11.4 Å². The number of aryl methyl sites for hydroxylation is 1. The van der Waals surface area contributed by atoms with Crippen LogP contribution in [-0.2, 0) is 6.42 Å². The van der Waals surface area contributed by atoms with E-state index < -0.39 is 0 Å². The molecule has 96 heavy (non-hydrogen) atoms. The number of Topliss-reactive ketones (excluding diaryl/α,β-unsaturated/α-hetero) is 8. The number of nitrogens with one attached hydrogen (secondary N) is 2. The summed E-state index contributed by atoms with van der Waals surface area (Å²) in [5, 5.41) is 6.70. The number of fused-ring (bicyclic) bond motifs is 5. The number of halogens is 1. The maximum absolute atomic E-state index is 12.6. The molecule has 8 aromatic rings. The van der Waals surface area contributed by atoms with Gasteiger partial charge in [-0.05, 0) is 119 Å². The average molecular weight is 1290 g/mol. The van der Waals surface area contributed by atoms with Crippen LogP contribution in [0.3, 0.4) is 0 Å². The second kappa shape index (κ2) is 30.7. The fraction of sp³-hybridized carbons (Fsp3) is 0.171. The molecule has 0 unspecified atom stereocenters. The Morgan fingerprint density at radius 1 is 0.354 bits per heavy atom. The number of benzene rings is 8. The fourth-order valence-electron chi connectivity index (χ4n) is 12.1. The highest BCUT2D eigenvalue weighted by molar-refractivity contribution is 6.31. The molecule has 0 bridgehead atoms. The lowest BCUT2D eigenvalue weighted by atomic mass is 9.80. The summed E-state index contributed by atoms with van der Waals surface area (Å²) in [6.07, 6.45) is 11.4. The zero-order valence-corrected chi connectivity index (χ0v) is 54.6. The third-order valence-corrected chi connectivity index (χ3v) is 17.9. The monoisotopic (exact) mass is 1290 g/mol. The predicted molar refractivity (Wildman–Crippen MR) is 373 cm³/mol. The van der Waals surface area contributed by atoms with Crippen molar-refractivity contribution < 1.29 is 52.7 Å². The lowest BCUT2D eigenvalue weighted by Crippen LogP contribution is -2.24. The zero-order valence-electron chi connectivity index (χ0n) is 53.8. The van der Waals surface area contributed by atoms with E-state index >= 15 is 0 Å². The Morgan fingerprint density at radius 3 is 1.09 bits per heavy atom. The van der Waals surface area contributed by atoms with E-state index in [4.69, 9.17) is 16.3 Å². The van der Waals surface area contributed by atoms with Crippen LogP contribution in [0.1, 0.15) is 182 Å². The van der Waals surface area contributed by atoms with Crippen LogP contribution in [0.5, 0.6) is 5.75 Å². The highest BCUT2D eigenvalue weighted by Gasteiger charge is 2.33. The Labute approximate surface area is 562 Å². The number of carbonyl (C=O) groups excluding carboxylic acids is 10. The molecular formula is C82H69ClN2O11. The first-order valence-electron chi connectivity index (χ1n) is 31.7. The van der Waals surface area contributed by atoms with Crippen molar-refractivity contribution in [3.8, 4) is 5.75 Å². The van der Waals surface area contributed by atoms with Crippen LogP contribution in [0.15, 0.2) is 257 Å². The minimum Gasteiger partial charge on any atom is -0.497 e. The van der Waals surface area contributed by atoms with E-state index in [1.165, 1.54) is 43.7 Å². The summed E-state index contributed by atoms with van der Waals surface area (Å²) >= 11 is 5.84. The van der Waals surface area contributed by atoms with Gasteiger partial charge >= 0.3 is 0 Å². The number of anilines is 2. The molecule has 0 heterocycles. The van der Waals surface area contributed by atoms with Crippen molar-refractivity contribution in [1.82, 2.24) is 0 Å². The van der Waals surface area contributed by atoms with Crippen LogP contribution in [-0.4, -0.2) is 64.9 Å². The maximum Gasteiger partial charge on any atom is 0.210 e. The molecule has 0 radical (unpaired) electrons. The van der Waals surface area contributed by atoms with Crippen LogP contribution < -0.4 is 15.4 Å². The summed E-state index contributed by atoms with van der Waals surface area (Å²) in [6.45, 7) is 6.73. The van der Waals surface area contributed by atoms with E-state index in [0.717, 1.165) is 29.9 Å². The molecule has 14 heteroatoms. The lowest BCUT2D eigenvalue weighted by Gasteiger charge is -2.23. The number of hydrogen-bond acceptors (Lipinski definition) is 13. The van der Waals surface area contributed by atoms with Gasteiger partial charge in [-0.3, -0.25) is 47.9 Å². The Bertz CT molecular complexity index is 4590. The van der Waals surface area contributed by atoms with Crippen LogP contribution in [0.2, 0.25) is 5.02 Å². The average Bonchev–Trinajstić information content (AvgIpc) is 0.802. The first-order chi connectivity index (χ1) is 46.3. The SMILES string of the molecule is CC1=C(C)C(=O)c2ccccc2C1=O.CC1=C(Nc2ccc(Cl)cc2)C(=O)c2ccccc2C1=O.COc1ccc(NC2=C(C)C(=O)c3ccccc3C2=O)cc1.O=C1C=C(CC2CCCCC2)C(=O)c2ccccc21.O=C1C=C(CCc2ccccc2)C(=O)c2ccccc21. The van der Waals surface area contributed by atoms with Crippen LogP contribution in [0.25, 0.3) is 0 Å². The maximum atomic E-state index is 12.6. The number of ether oxygens (including phenoxy) is 1. The summed E-state index contributed by atoms with van der Waals surface area (Å²) < 4.78 is 5.10. The van der Waals surface area contributed by atoms with Gasteiger partial charge in [0.1, 0.15) is 5.75 Å². The third kappa shape index (κ3) is 15.2. The van der Waals surface area contributed by atoms with Gasteiger partial charge in [0.25, 0.3) is 0 Å². The molecule has 0 saturated heterocycles. The topological polar surface area (TPSA) is 204 Å². The molecule has 0 spiro atoms. The number of carbonyl (C=O) groups is 10. The van der Waals surface area contributed by atoms with Crippen molar-refractivity contribution in [2.75, 3.05) is 17.7 Å². The normalized spacial score (nSPS) is 15.5. The first-order valence-corrected chi connectivity index (χ1v) is 32.1. The second-order valence-corrected chi connectivity index (χ2v) is 24.3. The standard InChI is InChI=1S/C18H15NO3.C18H14O2.C17H12ClNO2.C17H18O2.C12H10O2/c1-11-16(19-12-7-9-13(22-2)10-8-12)18(21)15-6-4-3-5-14(15)17(11)20;19-17-12-14(11-10-13-6-2-1-3-7-13)18(20)16-9-5-4-8-15(16)17;1-10-15(19-12-8-6-11(18)7-9-12)17(21)14-5-3-2-4-13(14)16(10)20;18-16-11-13(10-12-6-2-1-3-7-12)17(19)15-9-5-4-8-14(15)16;1-7-8(2)12(14)10-6-4-3-5-9(10)11(7)13/h3-10,19H,1-2H3;1-9,12H,10-11H2;2-9,19H,1H3;4-5,8-9,11-12H,1-3,6-7,10H2;3-6H,1-2H3. The summed E-state index contributed by atoms with van der Waals surface area (Å²) in [5.41, 5.74) is 11.6. The number of rotatable bonds is 10. The molecule has 14 rings (SSSR count). The molecule has 13 nitrogen and oxygen atoms in total. The lowest BCUT2D eigenvalue weighted by molar-refractivity contribution is 0.0975. The van der Waals surface area contributed by atoms with E-state index in [2.05, 4.69) is 10.6 Å². The van der Waals surface area contributed by atoms with Gasteiger partial charge in [0.15, 0.2) is 46.3 Å². The van der Waals surface area contributed by atoms with E-state index in [9.17, 15) is 47.9 Å². The van der Waals surface area contributed by atoms with E-state index in [1.807, 2.05) is 42.5 Å². The Hall–Kier alpha value is -11.2. The Kier molecular flexibility index (Phi) is 21.7. The number of hydrogen-bond donors (Lipinski definition) is 2. The van der Waals surface area contributed by atoms with E-state index in [1.54, 1.807) is 199 Å². The van der Waals surface area contributed by atoms with Crippen LogP contribution in [0, 0.1) is 5.92 Å². The molecule has 0 atom stereocenters. The highest BCUT2D eigenvalue weighted by atomic mass is 35.5. The summed E-state index contributed by atoms with van der Waals surface area (Å²) in [4.78, 5) is 122. The van der Waals surface area contributed by atoms with Gasteiger partial charge in [-0.15, -0.1) is 0 Å². The highest BCUT2D eigenvalue weighted by Crippen LogP contribution is 2.34. The van der Waals surface area contributed by atoms with Crippen LogP contribution >= 0.6 is 11.6 Å². The van der Waals surface area contributed by atoms with E-state index in [-0.39, 0.29) is 57.8 Å². The van der Waals surface area contributed by atoms with Crippen molar-refractivity contribution >= 4 is 80.8 Å². The molecule has 0 aliphatic heterocycles. The van der Waals surface area contributed by atoms with Gasteiger partial charge in [-0.25, -0.2) is 0 Å². The van der Waals surface area contributed by atoms with Gasteiger partial charge in [0, 0.05) is 105 Å². The molecular weight excluding hydrogens is 1220 g/mol. The molecule has 1 fully saturated rings. The quantitative estimate of drug-likeness (QED) is 0.131. The molecule has 6 aliphatic rings. The fourth-order valence-corrected chi connectivity index (χ4v) is 12.3. The van der Waals surface area contributed by atoms with Crippen molar-refractivity contribution in [2.24, 2.45) is 5.92 Å². The minimum absolute atomic E-state index is 0.0130. The minimum atomic E-state index is -0.169. The molecule has 0 aromatic heterocycles. The smallest absolute Gasteiger partial charge is 0.210 e. The van der Waals surface area contributed by atoms with Gasteiger partial charge in [0.05, 0.1) is 18.5 Å². The van der Waals surface area contributed by atoms with Crippen molar-refractivity contribution in [3.63, 3.8) is 0 Å². The van der Waals surface area contributed by atoms with Crippen molar-refractivity contribution in [1.29, 1.82) is 0 Å². The number of allylic oxidation sites excluding steroid dienone is 10.